The highest BCUT2D eigenvalue weighted by molar-refractivity contribution is 9.10. The highest BCUT2D eigenvalue weighted by Crippen LogP contribution is 2.26. The zero-order chi connectivity index (χ0) is 10.6. The normalized spacial score (nSPS) is 10.9. The quantitative estimate of drug-likeness (QED) is 0.702. The minimum atomic E-state index is -2.38. The molecule has 0 radical (unpaired) electrons. The Hall–Kier alpha value is 0.0400. The van der Waals surface area contributed by atoms with Crippen LogP contribution in [0, 0.1) is 0 Å². The lowest BCUT2D eigenvalue weighted by Gasteiger charge is -2.08. The molecule has 0 unspecified atom stereocenters. The van der Waals surface area contributed by atoms with Crippen molar-refractivity contribution < 1.29 is 8.78 Å². The molecule has 78 valence electrons. The molecule has 0 fully saturated rings. The van der Waals surface area contributed by atoms with Crippen molar-refractivity contribution in [2.24, 2.45) is 0 Å². The summed E-state index contributed by atoms with van der Waals surface area (Å²) in [6, 6.07) is 4.90. The van der Waals surface area contributed by atoms with Gasteiger partial charge >= 0.3 is 0 Å². The lowest BCUT2D eigenvalue weighted by molar-refractivity contribution is 0.150. The average molecular weight is 328 g/mol. The SMILES string of the molecule is FC(F)c1ccc(Br)cc1CCCBr. The molecule has 0 aromatic heterocycles. The zero-order valence-electron chi connectivity index (χ0n) is 7.44. The van der Waals surface area contributed by atoms with E-state index in [2.05, 4.69) is 31.9 Å². The van der Waals surface area contributed by atoms with Crippen molar-refractivity contribution in [2.45, 2.75) is 19.3 Å². The molecule has 1 rings (SSSR count). The van der Waals surface area contributed by atoms with Gasteiger partial charge in [0, 0.05) is 15.4 Å². The van der Waals surface area contributed by atoms with E-state index in [0.29, 0.717) is 6.42 Å². The monoisotopic (exact) mass is 326 g/mol. The van der Waals surface area contributed by atoms with E-state index in [-0.39, 0.29) is 5.56 Å². The van der Waals surface area contributed by atoms with Crippen LogP contribution >= 0.6 is 31.9 Å². The van der Waals surface area contributed by atoms with Crippen LogP contribution in [0.25, 0.3) is 0 Å². The predicted molar refractivity (Wildman–Crippen MR) is 61.2 cm³/mol. The largest absolute Gasteiger partial charge is 0.264 e. The van der Waals surface area contributed by atoms with Gasteiger partial charge in [0.25, 0.3) is 6.43 Å². The number of hydrogen-bond acceptors (Lipinski definition) is 0. The fourth-order valence-electron chi connectivity index (χ4n) is 1.26. The summed E-state index contributed by atoms with van der Waals surface area (Å²) in [6.45, 7) is 0. The number of rotatable bonds is 4. The van der Waals surface area contributed by atoms with Crippen molar-refractivity contribution in [3.63, 3.8) is 0 Å². The van der Waals surface area contributed by atoms with Crippen LogP contribution in [0.5, 0.6) is 0 Å². The van der Waals surface area contributed by atoms with Crippen molar-refractivity contribution in [2.75, 3.05) is 5.33 Å². The molecular formula is C10H10Br2F2. The second kappa shape index (κ2) is 5.81. The van der Waals surface area contributed by atoms with E-state index < -0.39 is 6.43 Å². The predicted octanol–water partition coefficient (Wildman–Crippen LogP) is 4.71. The van der Waals surface area contributed by atoms with Gasteiger partial charge in [-0.1, -0.05) is 37.9 Å². The van der Waals surface area contributed by atoms with Crippen LogP contribution in [0.2, 0.25) is 0 Å². The molecular weight excluding hydrogens is 318 g/mol. The fourth-order valence-corrected chi connectivity index (χ4v) is 1.95. The zero-order valence-corrected chi connectivity index (χ0v) is 10.6. The summed E-state index contributed by atoms with van der Waals surface area (Å²) in [7, 11) is 0. The van der Waals surface area contributed by atoms with Gasteiger partial charge in [0.15, 0.2) is 0 Å². The minimum Gasteiger partial charge on any atom is -0.205 e. The molecule has 14 heavy (non-hydrogen) atoms. The average Bonchev–Trinajstić information content (AvgIpc) is 2.14. The summed E-state index contributed by atoms with van der Waals surface area (Å²) < 4.78 is 26.0. The van der Waals surface area contributed by atoms with Gasteiger partial charge in [0.2, 0.25) is 0 Å². The maximum absolute atomic E-state index is 12.6. The van der Waals surface area contributed by atoms with E-state index in [1.54, 1.807) is 12.1 Å². The number of halogens is 4. The maximum Gasteiger partial charge on any atom is 0.264 e. The first kappa shape index (κ1) is 12.1. The molecule has 0 heterocycles. The lowest BCUT2D eigenvalue weighted by Crippen LogP contribution is -1.95. The molecule has 0 saturated carbocycles. The maximum atomic E-state index is 12.6. The molecule has 0 saturated heterocycles. The number of alkyl halides is 3. The van der Waals surface area contributed by atoms with Crippen LogP contribution in [0.3, 0.4) is 0 Å². The molecule has 0 aliphatic rings. The molecule has 0 aliphatic carbocycles. The van der Waals surface area contributed by atoms with E-state index in [4.69, 9.17) is 0 Å². The highest BCUT2D eigenvalue weighted by Gasteiger charge is 2.12. The van der Waals surface area contributed by atoms with Gasteiger partial charge in [-0.15, -0.1) is 0 Å². The Bertz CT molecular complexity index is 300. The highest BCUT2D eigenvalue weighted by atomic mass is 79.9. The van der Waals surface area contributed by atoms with Crippen LogP contribution < -0.4 is 0 Å². The second-order valence-electron chi connectivity index (χ2n) is 2.94. The summed E-state index contributed by atoms with van der Waals surface area (Å²) >= 11 is 6.57. The molecule has 0 atom stereocenters. The lowest BCUT2D eigenvalue weighted by atomic mass is 10.0. The third kappa shape index (κ3) is 3.31. The van der Waals surface area contributed by atoms with E-state index in [9.17, 15) is 8.78 Å². The van der Waals surface area contributed by atoms with Gasteiger partial charge in [-0.3, -0.25) is 0 Å². The molecule has 0 nitrogen and oxygen atoms in total. The summed E-state index contributed by atoms with van der Waals surface area (Å²) in [5.74, 6) is 0. The van der Waals surface area contributed by atoms with Crippen LogP contribution in [-0.4, -0.2) is 5.33 Å². The van der Waals surface area contributed by atoms with E-state index in [0.717, 1.165) is 21.8 Å². The molecule has 0 aliphatic heterocycles. The van der Waals surface area contributed by atoms with E-state index in [1.165, 1.54) is 6.07 Å². The molecule has 0 spiro atoms. The van der Waals surface area contributed by atoms with Crippen molar-refractivity contribution in [3.8, 4) is 0 Å². The van der Waals surface area contributed by atoms with Crippen molar-refractivity contribution in [3.05, 3.63) is 33.8 Å². The molecule has 0 bridgehead atoms. The van der Waals surface area contributed by atoms with Crippen molar-refractivity contribution >= 4 is 31.9 Å². The molecule has 1 aromatic carbocycles. The second-order valence-corrected chi connectivity index (χ2v) is 4.65. The summed E-state index contributed by atoms with van der Waals surface area (Å²) in [4.78, 5) is 0. The summed E-state index contributed by atoms with van der Waals surface area (Å²) in [5, 5.41) is 0.836. The number of benzene rings is 1. The van der Waals surface area contributed by atoms with E-state index >= 15 is 0 Å². The standard InChI is InChI=1S/C10H10Br2F2/c11-5-1-2-7-6-8(12)3-4-9(7)10(13)14/h3-4,6,10H,1-2,5H2. The van der Waals surface area contributed by atoms with E-state index in [1.807, 2.05) is 0 Å². The Kier molecular flexibility index (Phi) is 5.02. The van der Waals surface area contributed by atoms with Crippen LogP contribution in [0.1, 0.15) is 24.0 Å². The molecule has 4 heteroatoms. The minimum absolute atomic E-state index is 0.147. The fraction of sp³-hybridized carbons (Fsp3) is 0.400. The van der Waals surface area contributed by atoms with Crippen LogP contribution in [0.4, 0.5) is 8.78 Å². The topological polar surface area (TPSA) is 0 Å². The summed E-state index contributed by atoms with van der Waals surface area (Å²) in [5.41, 5.74) is 0.878. The van der Waals surface area contributed by atoms with Gasteiger partial charge in [-0.05, 0) is 30.5 Å². The van der Waals surface area contributed by atoms with Crippen molar-refractivity contribution in [1.29, 1.82) is 0 Å². The van der Waals surface area contributed by atoms with Gasteiger partial charge in [-0.25, -0.2) is 8.78 Å². The Labute approximate surface area is 99.0 Å². The third-order valence-corrected chi connectivity index (χ3v) is 2.97. The molecule has 0 N–H and O–H groups in total. The number of aryl methyl sites for hydroxylation is 1. The molecule has 1 aromatic rings. The van der Waals surface area contributed by atoms with Crippen LogP contribution in [-0.2, 0) is 6.42 Å². The number of hydrogen-bond donors (Lipinski definition) is 0. The smallest absolute Gasteiger partial charge is 0.205 e. The Morgan fingerprint density at radius 3 is 2.57 bits per heavy atom. The Morgan fingerprint density at radius 1 is 1.29 bits per heavy atom. The molecule has 0 amide bonds. The van der Waals surface area contributed by atoms with Gasteiger partial charge in [-0.2, -0.15) is 0 Å². The van der Waals surface area contributed by atoms with Crippen molar-refractivity contribution in [1.82, 2.24) is 0 Å². The Morgan fingerprint density at radius 2 is 2.00 bits per heavy atom. The Balaban J connectivity index is 2.91. The summed E-state index contributed by atoms with van der Waals surface area (Å²) in [6.07, 6.45) is -0.825. The first-order valence-corrected chi connectivity index (χ1v) is 6.19. The third-order valence-electron chi connectivity index (χ3n) is 1.92. The van der Waals surface area contributed by atoms with Gasteiger partial charge < -0.3 is 0 Å². The first-order chi connectivity index (χ1) is 6.65. The van der Waals surface area contributed by atoms with Gasteiger partial charge in [0.1, 0.15) is 0 Å². The van der Waals surface area contributed by atoms with Gasteiger partial charge in [0.05, 0.1) is 0 Å². The first-order valence-electron chi connectivity index (χ1n) is 4.27. The van der Waals surface area contributed by atoms with Crippen LogP contribution in [0.15, 0.2) is 22.7 Å².